The maximum absolute atomic E-state index is 13.9. The van der Waals surface area contributed by atoms with Crippen molar-refractivity contribution in [2.24, 2.45) is 5.73 Å². The maximum Gasteiger partial charge on any atom is 0.254 e. The second kappa shape index (κ2) is 14.2. The molecule has 0 saturated heterocycles. The lowest BCUT2D eigenvalue weighted by atomic mass is 10.0. The van der Waals surface area contributed by atoms with Crippen molar-refractivity contribution in [1.82, 2.24) is 15.1 Å². The zero-order chi connectivity index (χ0) is 28.4. The summed E-state index contributed by atoms with van der Waals surface area (Å²) in [5.74, 6) is -1.03. The normalized spacial score (nSPS) is 13.2. The molecule has 3 amide bonds. The molecular weight excluding hydrogens is 492 g/mol. The molecule has 0 aliphatic carbocycles. The van der Waals surface area contributed by atoms with Gasteiger partial charge in [0.1, 0.15) is 12.1 Å². The highest BCUT2D eigenvalue weighted by Gasteiger charge is 2.35. The van der Waals surface area contributed by atoms with E-state index in [1.54, 1.807) is 39.3 Å². The molecule has 0 bridgehead atoms. The van der Waals surface area contributed by atoms with E-state index < -0.39 is 18.0 Å². The third-order valence-corrected chi connectivity index (χ3v) is 6.76. The SMILES string of the molecule is CNC(=O)C(Cc1ccccc1)N(C)C(=O)C(COCc1ccccc1)N(C)C(=O)c1cccc(C(C)N)c1. The number of likely N-dealkylation sites (N-methyl/N-ethyl adjacent to an activating group) is 3. The van der Waals surface area contributed by atoms with E-state index in [0.29, 0.717) is 12.0 Å². The maximum atomic E-state index is 13.9. The summed E-state index contributed by atoms with van der Waals surface area (Å²) < 4.78 is 5.95. The van der Waals surface area contributed by atoms with E-state index in [1.807, 2.05) is 73.7 Å². The van der Waals surface area contributed by atoms with Gasteiger partial charge in [0.15, 0.2) is 0 Å². The molecule has 0 aliphatic heterocycles. The number of hydrogen-bond acceptors (Lipinski definition) is 5. The Labute approximate surface area is 230 Å². The van der Waals surface area contributed by atoms with Crippen molar-refractivity contribution in [2.75, 3.05) is 27.7 Å². The predicted molar refractivity (Wildman–Crippen MR) is 152 cm³/mol. The lowest BCUT2D eigenvalue weighted by molar-refractivity contribution is -0.143. The van der Waals surface area contributed by atoms with Gasteiger partial charge in [-0.1, -0.05) is 72.8 Å². The highest BCUT2D eigenvalue weighted by Crippen LogP contribution is 2.17. The van der Waals surface area contributed by atoms with Gasteiger partial charge in [-0.3, -0.25) is 14.4 Å². The molecule has 3 aromatic carbocycles. The standard InChI is InChI=1S/C31H38N4O4/c1-22(32)25-16-11-17-26(19-25)30(37)35(4)28(21-39-20-24-14-9-6-10-15-24)31(38)34(3)27(29(36)33-2)18-23-12-7-5-8-13-23/h5-17,19,22,27-28H,18,20-21,32H2,1-4H3,(H,33,36). The molecule has 0 heterocycles. The second-order valence-electron chi connectivity index (χ2n) is 9.62. The molecule has 8 nitrogen and oxygen atoms in total. The van der Waals surface area contributed by atoms with Crippen molar-refractivity contribution < 1.29 is 19.1 Å². The van der Waals surface area contributed by atoms with Crippen molar-refractivity contribution >= 4 is 17.7 Å². The van der Waals surface area contributed by atoms with E-state index in [4.69, 9.17) is 10.5 Å². The molecule has 0 fully saturated rings. The van der Waals surface area contributed by atoms with Crippen LogP contribution in [0, 0.1) is 0 Å². The molecule has 3 atom stereocenters. The van der Waals surface area contributed by atoms with Gasteiger partial charge in [0.05, 0.1) is 13.2 Å². The van der Waals surface area contributed by atoms with E-state index in [0.717, 1.165) is 16.7 Å². The van der Waals surface area contributed by atoms with Gasteiger partial charge in [-0.15, -0.1) is 0 Å². The highest BCUT2D eigenvalue weighted by atomic mass is 16.5. The van der Waals surface area contributed by atoms with Crippen LogP contribution in [0.4, 0.5) is 0 Å². The average molecular weight is 531 g/mol. The number of benzene rings is 3. The molecule has 206 valence electrons. The van der Waals surface area contributed by atoms with Gasteiger partial charge in [0.25, 0.3) is 5.91 Å². The zero-order valence-corrected chi connectivity index (χ0v) is 23.0. The van der Waals surface area contributed by atoms with E-state index in [-0.39, 0.29) is 31.1 Å². The van der Waals surface area contributed by atoms with Crippen molar-refractivity contribution in [2.45, 2.75) is 38.1 Å². The van der Waals surface area contributed by atoms with E-state index >= 15 is 0 Å². The summed E-state index contributed by atoms with van der Waals surface area (Å²) in [5.41, 5.74) is 9.12. The fraction of sp³-hybridized carbons (Fsp3) is 0.323. The molecule has 0 aliphatic rings. The summed E-state index contributed by atoms with van der Waals surface area (Å²) in [6.07, 6.45) is 0.328. The number of carbonyl (C=O) groups excluding carboxylic acids is 3. The first-order valence-corrected chi connectivity index (χ1v) is 13.0. The van der Waals surface area contributed by atoms with Crippen LogP contribution in [-0.2, 0) is 27.4 Å². The highest BCUT2D eigenvalue weighted by molar-refractivity contribution is 5.98. The van der Waals surface area contributed by atoms with Crippen LogP contribution in [0.25, 0.3) is 0 Å². The predicted octanol–water partition coefficient (Wildman–Crippen LogP) is 3.18. The summed E-state index contributed by atoms with van der Waals surface area (Å²) in [7, 11) is 4.71. The Morgan fingerprint density at radius 2 is 1.46 bits per heavy atom. The number of nitrogens with one attached hydrogen (secondary N) is 1. The van der Waals surface area contributed by atoms with Crippen LogP contribution in [0.3, 0.4) is 0 Å². The third kappa shape index (κ3) is 7.99. The van der Waals surface area contributed by atoms with Crippen molar-refractivity contribution in [3.63, 3.8) is 0 Å². The summed E-state index contributed by atoms with van der Waals surface area (Å²) in [5, 5.41) is 2.66. The Morgan fingerprint density at radius 3 is 2.05 bits per heavy atom. The van der Waals surface area contributed by atoms with Gasteiger partial charge in [0.2, 0.25) is 11.8 Å². The van der Waals surface area contributed by atoms with Gasteiger partial charge in [-0.25, -0.2) is 0 Å². The Hall–Kier alpha value is -4.01. The Morgan fingerprint density at radius 1 is 0.846 bits per heavy atom. The molecular formula is C31H38N4O4. The fourth-order valence-electron chi connectivity index (χ4n) is 4.31. The van der Waals surface area contributed by atoms with Gasteiger partial charge < -0.3 is 25.6 Å². The lowest BCUT2D eigenvalue weighted by Crippen LogP contribution is -2.56. The number of nitrogens with zero attached hydrogens (tertiary/aromatic N) is 2. The lowest BCUT2D eigenvalue weighted by Gasteiger charge is -2.34. The Bertz CT molecular complexity index is 1230. The van der Waals surface area contributed by atoms with E-state index in [9.17, 15) is 14.4 Å². The van der Waals surface area contributed by atoms with Crippen molar-refractivity contribution in [3.8, 4) is 0 Å². The third-order valence-electron chi connectivity index (χ3n) is 6.76. The van der Waals surface area contributed by atoms with Crippen LogP contribution in [0.15, 0.2) is 84.9 Å². The number of nitrogens with two attached hydrogens (primary N) is 1. The minimum absolute atomic E-state index is 0.0426. The van der Waals surface area contributed by atoms with Crippen LogP contribution < -0.4 is 11.1 Å². The molecule has 0 saturated carbocycles. The van der Waals surface area contributed by atoms with Crippen molar-refractivity contribution in [1.29, 1.82) is 0 Å². The fourth-order valence-corrected chi connectivity index (χ4v) is 4.31. The van der Waals surface area contributed by atoms with E-state index in [2.05, 4.69) is 5.32 Å². The summed E-state index contributed by atoms with van der Waals surface area (Å²) in [4.78, 5) is 43.2. The summed E-state index contributed by atoms with van der Waals surface area (Å²) in [6.45, 7) is 2.08. The molecule has 8 heteroatoms. The Kier molecular flexibility index (Phi) is 10.8. The molecule has 39 heavy (non-hydrogen) atoms. The quantitative estimate of drug-likeness (QED) is 0.374. The number of carbonyl (C=O) groups is 3. The van der Waals surface area contributed by atoms with Gasteiger partial charge in [-0.05, 0) is 35.7 Å². The van der Waals surface area contributed by atoms with Crippen LogP contribution in [-0.4, -0.2) is 67.4 Å². The smallest absolute Gasteiger partial charge is 0.254 e. The number of ether oxygens (including phenoxy) is 1. The molecule has 3 rings (SSSR count). The monoisotopic (exact) mass is 530 g/mol. The first kappa shape index (κ1) is 29.5. The molecule has 3 aromatic rings. The number of hydrogen-bond donors (Lipinski definition) is 2. The molecule has 0 radical (unpaired) electrons. The minimum atomic E-state index is -0.965. The molecule has 3 N–H and O–H groups in total. The first-order valence-electron chi connectivity index (χ1n) is 13.0. The molecule has 0 aromatic heterocycles. The largest absolute Gasteiger partial charge is 0.374 e. The van der Waals surface area contributed by atoms with Crippen LogP contribution in [0.1, 0.15) is 40.0 Å². The molecule has 0 spiro atoms. The van der Waals surface area contributed by atoms with Gasteiger partial charge in [0, 0.05) is 39.2 Å². The average Bonchev–Trinajstić information content (AvgIpc) is 2.97. The van der Waals surface area contributed by atoms with Crippen molar-refractivity contribution in [3.05, 3.63) is 107 Å². The molecule has 3 unspecified atom stereocenters. The second-order valence-corrected chi connectivity index (χ2v) is 9.62. The first-order chi connectivity index (χ1) is 18.7. The zero-order valence-electron chi connectivity index (χ0n) is 23.0. The van der Waals surface area contributed by atoms with Crippen LogP contribution >= 0.6 is 0 Å². The topological polar surface area (TPSA) is 105 Å². The van der Waals surface area contributed by atoms with E-state index in [1.165, 1.54) is 9.80 Å². The minimum Gasteiger partial charge on any atom is -0.374 e. The van der Waals surface area contributed by atoms with Gasteiger partial charge >= 0.3 is 0 Å². The summed E-state index contributed by atoms with van der Waals surface area (Å²) >= 11 is 0. The van der Waals surface area contributed by atoms with Crippen LogP contribution in [0.5, 0.6) is 0 Å². The Balaban J connectivity index is 1.87. The number of amides is 3. The summed E-state index contributed by atoms with van der Waals surface area (Å²) in [6, 6.07) is 24.2. The van der Waals surface area contributed by atoms with Gasteiger partial charge in [-0.2, -0.15) is 0 Å². The van der Waals surface area contributed by atoms with Crippen LogP contribution in [0.2, 0.25) is 0 Å². The number of rotatable bonds is 12.